The van der Waals surface area contributed by atoms with Crippen molar-refractivity contribution in [2.24, 2.45) is 0 Å². The Kier molecular flexibility index (Phi) is 6.57. The number of hydrogen-bond acceptors (Lipinski definition) is 4. The van der Waals surface area contributed by atoms with Crippen molar-refractivity contribution in [3.8, 4) is 0 Å². The van der Waals surface area contributed by atoms with Crippen molar-refractivity contribution in [3.05, 3.63) is 42.5 Å². The highest BCUT2D eigenvalue weighted by Crippen LogP contribution is 2.27. The van der Waals surface area contributed by atoms with Crippen LogP contribution in [0.4, 0.5) is 5.69 Å². The monoisotopic (exact) mass is 369 g/mol. The highest BCUT2D eigenvalue weighted by atomic mass is 16.2. The van der Waals surface area contributed by atoms with Crippen molar-refractivity contribution in [2.75, 3.05) is 5.32 Å². The Bertz CT molecular complexity index is 734. The van der Waals surface area contributed by atoms with Crippen LogP contribution >= 0.6 is 0 Å². The third-order valence-corrected chi connectivity index (χ3v) is 4.95. The molecule has 0 atom stereocenters. The molecule has 1 heterocycles. The molecule has 144 valence electrons. The van der Waals surface area contributed by atoms with Crippen molar-refractivity contribution in [3.63, 3.8) is 0 Å². The fraction of sp³-hybridized carbons (Fsp3) is 0.500. The Labute approximate surface area is 159 Å². The minimum atomic E-state index is 0.0180. The number of nitrogens with one attached hydrogen (secondary N) is 2. The van der Waals surface area contributed by atoms with E-state index in [1.54, 1.807) is 12.7 Å². The summed E-state index contributed by atoms with van der Waals surface area (Å²) in [5.41, 5.74) is 1.71. The lowest BCUT2D eigenvalue weighted by atomic mass is 9.91. The predicted molar refractivity (Wildman–Crippen MR) is 103 cm³/mol. The van der Waals surface area contributed by atoms with E-state index in [-0.39, 0.29) is 17.9 Å². The molecular formula is C20H27N5O2. The second kappa shape index (κ2) is 9.30. The number of rotatable bonds is 7. The fourth-order valence-corrected chi connectivity index (χ4v) is 3.51. The van der Waals surface area contributed by atoms with Gasteiger partial charge in [0, 0.05) is 18.2 Å². The van der Waals surface area contributed by atoms with E-state index in [9.17, 15) is 9.59 Å². The van der Waals surface area contributed by atoms with E-state index in [2.05, 4.69) is 20.7 Å². The molecule has 2 amide bonds. The summed E-state index contributed by atoms with van der Waals surface area (Å²) in [6.45, 7) is 1.97. The molecule has 1 aliphatic rings. The van der Waals surface area contributed by atoms with Gasteiger partial charge in [-0.2, -0.15) is 5.10 Å². The minimum absolute atomic E-state index is 0.0180. The SMILES string of the molecule is CCCC(=O)Nc1ccc(CC(=O)NC2CCC(n3cncn3)CC2)cc1. The number of carbonyl (C=O) groups excluding carboxylic acids is 2. The van der Waals surface area contributed by atoms with Crippen LogP contribution in [0.15, 0.2) is 36.9 Å². The van der Waals surface area contributed by atoms with Gasteiger partial charge in [0.25, 0.3) is 0 Å². The summed E-state index contributed by atoms with van der Waals surface area (Å²) in [4.78, 5) is 27.9. The van der Waals surface area contributed by atoms with Crippen molar-refractivity contribution < 1.29 is 9.59 Å². The Morgan fingerprint density at radius 2 is 1.85 bits per heavy atom. The third kappa shape index (κ3) is 5.64. The lowest BCUT2D eigenvalue weighted by Gasteiger charge is -2.29. The van der Waals surface area contributed by atoms with Crippen LogP contribution in [-0.2, 0) is 16.0 Å². The van der Waals surface area contributed by atoms with Crippen LogP contribution in [0.2, 0.25) is 0 Å². The highest BCUT2D eigenvalue weighted by molar-refractivity contribution is 5.90. The van der Waals surface area contributed by atoms with Crippen molar-refractivity contribution in [1.29, 1.82) is 0 Å². The van der Waals surface area contributed by atoms with Gasteiger partial charge in [-0.15, -0.1) is 0 Å². The number of amides is 2. The van der Waals surface area contributed by atoms with Gasteiger partial charge in [-0.1, -0.05) is 19.1 Å². The molecule has 0 radical (unpaired) electrons. The lowest BCUT2D eigenvalue weighted by Crippen LogP contribution is -2.38. The molecule has 1 saturated carbocycles. The molecule has 7 heteroatoms. The van der Waals surface area contributed by atoms with Crippen LogP contribution in [-0.4, -0.2) is 32.6 Å². The molecule has 2 N–H and O–H groups in total. The summed E-state index contributed by atoms with van der Waals surface area (Å²) in [6, 6.07) is 8.09. The normalized spacial score (nSPS) is 19.4. The number of hydrogen-bond donors (Lipinski definition) is 2. The van der Waals surface area contributed by atoms with Crippen LogP contribution in [0.1, 0.15) is 57.1 Å². The Balaban J connectivity index is 1.42. The zero-order valence-corrected chi connectivity index (χ0v) is 15.7. The summed E-state index contributed by atoms with van der Waals surface area (Å²) in [7, 11) is 0. The minimum Gasteiger partial charge on any atom is -0.353 e. The first-order valence-corrected chi connectivity index (χ1v) is 9.66. The summed E-state index contributed by atoms with van der Waals surface area (Å²) in [5, 5.41) is 10.2. The molecule has 0 unspecified atom stereocenters. The molecule has 1 aromatic carbocycles. The Morgan fingerprint density at radius 3 is 2.48 bits per heavy atom. The average molecular weight is 369 g/mol. The molecule has 0 bridgehead atoms. The highest BCUT2D eigenvalue weighted by Gasteiger charge is 2.23. The van der Waals surface area contributed by atoms with E-state index in [0.717, 1.165) is 43.4 Å². The summed E-state index contributed by atoms with van der Waals surface area (Å²) in [6.07, 6.45) is 8.94. The van der Waals surface area contributed by atoms with E-state index in [1.807, 2.05) is 35.9 Å². The van der Waals surface area contributed by atoms with Gasteiger partial charge in [0.2, 0.25) is 11.8 Å². The maximum Gasteiger partial charge on any atom is 0.224 e. The maximum absolute atomic E-state index is 12.3. The standard InChI is InChI=1S/C20H27N5O2/c1-2-3-19(26)23-16-6-4-15(5-7-16)12-20(27)24-17-8-10-18(11-9-17)25-14-21-13-22-25/h4-7,13-14,17-18H,2-3,8-12H2,1H3,(H,23,26)(H,24,27). The zero-order valence-electron chi connectivity index (χ0n) is 15.7. The molecule has 0 aliphatic heterocycles. The number of anilines is 1. The second-order valence-electron chi connectivity index (χ2n) is 7.12. The van der Waals surface area contributed by atoms with E-state index < -0.39 is 0 Å². The molecular weight excluding hydrogens is 342 g/mol. The zero-order chi connectivity index (χ0) is 19.1. The van der Waals surface area contributed by atoms with Crippen molar-refractivity contribution >= 4 is 17.5 Å². The van der Waals surface area contributed by atoms with Gasteiger partial charge in [-0.05, 0) is 49.8 Å². The van der Waals surface area contributed by atoms with Crippen molar-refractivity contribution in [2.45, 2.75) is 64.0 Å². The summed E-state index contributed by atoms with van der Waals surface area (Å²) >= 11 is 0. The largest absolute Gasteiger partial charge is 0.353 e. The smallest absolute Gasteiger partial charge is 0.224 e. The molecule has 7 nitrogen and oxygen atoms in total. The number of carbonyl (C=O) groups is 2. The van der Waals surface area contributed by atoms with Crippen LogP contribution in [0.3, 0.4) is 0 Å². The topological polar surface area (TPSA) is 88.9 Å². The average Bonchev–Trinajstić information content (AvgIpc) is 3.19. The first-order valence-electron chi connectivity index (χ1n) is 9.66. The van der Waals surface area contributed by atoms with Gasteiger partial charge in [-0.25, -0.2) is 9.67 Å². The van der Waals surface area contributed by atoms with Crippen molar-refractivity contribution in [1.82, 2.24) is 20.1 Å². The van der Waals surface area contributed by atoms with Crippen LogP contribution < -0.4 is 10.6 Å². The first kappa shape index (κ1) is 19.1. The molecule has 1 fully saturated rings. The van der Waals surface area contributed by atoms with Crippen LogP contribution in [0.5, 0.6) is 0 Å². The van der Waals surface area contributed by atoms with Gasteiger partial charge in [0.15, 0.2) is 0 Å². The number of benzene rings is 1. The predicted octanol–water partition coefficient (Wildman–Crippen LogP) is 2.86. The molecule has 0 saturated heterocycles. The third-order valence-electron chi connectivity index (χ3n) is 4.95. The number of nitrogens with zero attached hydrogens (tertiary/aromatic N) is 3. The molecule has 1 aliphatic carbocycles. The molecule has 0 spiro atoms. The quantitative estimate of drug-likeness (QED) is 0.785. The van der Waals surface area contributed by atoms with Gasteiger partial charge in [0.1, 0.15) is 12.7 Å². The first-order chi connectivity index (χ1) is 13.1. The van der Waals surface area contributed by atoms with E-state index in [4.69, 9.17) is 0 Å². The summed E-state index contributed by atoms with van der Waals surface area (Å²) in [5.74, 6) is 0.0615. The van der Waals surface area contributed by atoms with Crippen LogP contribution in [0.25, 0.3) is 0 Å². The van der Waals surface area contributed by atoms with Gasteiger partial charge >= 0.3 is 0 Å². The summed E-state index contributed by atoms with van der Waals surface area (Å²) < 4.78 is 1.92. The van der Waals surface area contributed by atoms with E-state index in [1.165, 1.54) is 0 Å². The van der Waals surface area contributed by atoms with Crippen LogP contribution in [0, 0.1) is 0 Å². The van der Waals surface area contributed by atoms with E-state index >= 15 is 0 Å². The Morgan fingerprint density at radius 1 is 1.11 bits per heavy atom. The second-order valence-corrected chi connectivity index (χ2v) is 7.12. The van der Waals surface area contributed by atoms with E-state index in [0.29, 0.717) is 18.9 Å². The fourth-order valence-electron chi connectivity index (χ4n) is 3.51. The maximum atomic E-state index is 12.3. The Hall–Kier alpha value is -2.70. The molecule has 1 aromatic heterocycles. The molecule has 3 rings (SSSR count). The number of aromatic nitrogens is 3. The van der Waals surface area contributed by atoms with Gasteiger partial charge < -0.3 is 10.6 Å². The molecule has 27 heavy (non-hydrogen) atoms. The van der Waals surface area contributed by atoms with Gasteiger partial charge in [-0.3, -0.25) is 9.59 Å². The lowest BCUT2D eigenvalue weighted by molar-refractivity contribution is -0.121. The van der Waals surface area contributed by atoms with Gasteiger partial charge in [0.05, 0.1) is 12.5 Å². The molecule has 2 aromatic rings.